The smallest absolute Gasteiger partial charge is 0.284 e. The minimum Gasteiger partial charge on any atom is -0.464 e. The van der Waals surface area contributed by atoms with Crippen molar-refractivity contribution in [2.45, 2.75) is 36.6 Å². The number of nitrogens with one attached hydrogen (secondary N) is 1. The van der Waals surface area contributed by atoms with Crippen molar-refractivity contribution in [2.75, 3.05) is 0 Å². The molecule has 22 heavy (non-hydrogen) atoms. The molecule has 2 aromatic rings. The number of hydrogen-bond donors (Lipinski definition) is 2. The van der Waals surface area contributed by atoms with Crippen molar-refractivity contribution >= 4 is 11.8 Å². The third-order valence-corrected chi connectivity index (χ3v) is 4.47. The van der Waals surface area contributed by atoms with E-state index in [4.69, 9.17) is 4.42 Å². The van der Waals surface area contributed by atoms with Gasteiger partial charge < -0.3 is 14.8 Å². The molecule has 0 saturated heterocycles. The Morgan fingerprint density at radius 2 is 2.00 bits per heavy atom. The van der Waals surface area contributed by atoms with Gasteiger partial charge in [-0.25, -0.2) is 0 Å². The molecular formula is C16H17F2NO2S. The van der Waals surface area contributed by atoms with Gasteiger partial charge in [0.05, 0.1) is 24.4 Å². The lowest BCUT2D eigenvalue weighted by molar-refractivity contribution is 0.139. The van der Waals surface area contributed by atoms with Gasteiger partial charge in [0.15, 0.2) is 0 Å². The number of furan rings is 1. The third kappa shape index (κ3) is 3.51. The van der Waals surface area contributed by atoms with Crippen LogP contribution in [0.3, 0.4) is 0 Å². The van der Waals surface area contributed by atoms with Crippen molar-refractivity contribution in [2.24, 2.45) is 0 Å². The van der Waals surface area contributed by atoms with Gasteiger partial charge in [-0.1, -0.05) is 36.0 Å². The largest absolute Gasteiger partial charge is 0.464 e. The highest BCUT2D eigenvalue weighted by atomic mass is 32.2. The normalized spacial score (nSPS) is 20.5. The number of aliphatic hydroxyl groups excluding tert-OH is 1. The van der Waals surface area contributed by atoms with E-state index in [0.717, 1.165) is 11.1 Å². The Kier molecular flexibility index (Phi) is 4.81. The molecule has 1 aliphatic carbocycles. The number of alkyl halides is 2. The summed E-state index contributed by atoms with van der Waals surface area (Å²) < 4.78 is 29.8. The molecule has 1 aromatic carbocycles. The monoisotopic (exact) mass is 325 g/mol. The van der Waals surface area contributed by atoms with Gasteiger partial charge in [0.1, 0.15) is 11.5 Å². The lowest BCUT2D eigenvalue weighted by Gasteiger charge is -2.17. The molecule has 0 fully saturated rings. The van der Waals surface area contributed by atoms with E-state index in [0.29, 0.717) is 36.2 Å². The van der Waals surface area contributed by atoms with Gasteiger partial charge in [-0.2, -0.15) is 8.78 Å². The van der Waals surface area contributed by atoms with Crippen LogP contribution >= 0.6 is 11.8 Å². The molecule has 118 valence electrons. The molecule has 0 aliphatic heterocycles. The fourth-order valence-electron chi connectivity index (χ4n) is 2.77. The van der Waals surface area contributed by atoms with Gasteiger partial charge in [-0.3, -0.25) is 0 Å². The van der Waals surface area contributed by atoms with E-state index >= 15 is 0 Å². The Hall–Kier alpha value is -1.37. The zero-order valence-electron chi connectivity index (χ0n) is 11.8. The molecule has 0 saturated carbocycles. The fourth-order valence-corrected chi connectivity index (χ4v) is 3.22. The molecule has 0 radical (unpaired) electrons. The molecule has 3 rings (SSSR count). The van der Waals surface area contributed by atoms with E-state index in [9.17, 15) is 13.9 Å². The number of aliphatic hydroxyl groups is 1. The molecule has 1 aromatic heterocycles. The van der Waals surface area contributed by atoms with Crippen molar-refractivity contribution in [3.8, 4) is 0 Å². The summed E-state index contributed by atoms with van der Waals surface area (Å²) in [5.41, 5.74) is 2.26. The molecule has 0 bridgehead atoms. The second-order valence-corrected chi connectivity index (χ2v) is 6.25. The van der Waals surface area contributed by atoms with Crippen molar-refractivity contribution in [1.29, 1.82) is 0 Å². The summed E-state index contributed by atoms with van der Waals surface area (Å²) in [6, 6.07) is 11.3. The topological polar surface area (TPSA) is 45.4 Å². The fraction of sp³-hybridized carbons (Fsp3) is 0.375. The highest BCUT2D eigenvalue weighted by Gasteiger charge is 2.30. The van der Waals surface area contributed by atoms with Crippen LogP contribution < -0.4 is 5.32 Å². The van der Waals surface area contributed by atoms with Crippen LogP contribution in [0.4, 0.5) is 8.78 Å². The first-order valence-corrected chi connectivity index (χ1v) is 8.15. The zero-order valence-corrected chi connectivity index (χ0v) is 12.7. The maximum absolute atomic E-state index is 12.1. The van der Waals surface area contributed by atoms with Gasteiger partial charge >= 0.3 is 0 Å². The predicted molar refractivity (Wildman–Crippen MR) is 81.7 cm³/mol. The van der Waals surface area contributed by atoms with Crippen molar-refractivity contribution in [3.05, 3.63) is 59.0 Å². The van der Waals surface area contributed by atoms with Crippen LogP contribution in [0.1, 0.15) is 28.7 Å². The van der Waals surface area contributed by atoms with Crippen LogP contribution in [-0.2, 0) is 18.7 Å². The molecule has 3 nitrogen and oxygen atoms in total. The van der Waals surface area contributed by atoms with Crippen molar-refractivity contribution < 1.29 is 18.3 Å². The van der Waals surface area contributed by atoms with E-state index in [1.54, 1.807) is 12.1 Å². The van der Waals surface area contributed by atoms with Gasteiger partial charge in [0.25, 0.3) is 5.76 Å². The summed E-state index contributed by atoms with van der Waals surface area (Å²) in [6.07, 6.45) is 0.184. The van der Waals surface area contributed by atoms with Crippen LogP contribution in [0.5, 0.6) is 0 Å². The molecule has 0 spiro atoms. The van der Waals surface area contributed by atoms with E-state index < -0.39 is 11.9 Å². The van der Waals surface area contributed by atoms with Crippen LogP contribution in [-0.4, -0.2) is 17.0 Å². The molecule has 0 amide bonds. The third-order valence-electron chi connectivity index (χ3n) is 3.77. The first-order valence-electron chi connectivity index (χ1n) is 7.10. The number of halogens is 2. The predicted octanol–water partition coefficient (Wildman–Crippen LogP) is 3.48. The number of thioether (sulfide) groups is 1. The molecule has 2 N–H and O–H groups in total. The average Bonchev–Trinajstić information content (AvgIpc) is 3.06. The second kappa shape index (κ2) is 6.81. The van der Waals surface area contributed by atoms with Gasteiger partial charge in [-0.05, 0) is 23.3 Å². The maximum Gasteiger partial charge on any atom is 0.284 e. The van der Waals surface area contributed by atoms with E-state index in [2.05, 4.69) is 5.32 Å². The first kappa shape index (κ1) is 15.5. The standard InChI is InChI=1S/C16H17F2NO2S/c17-16(18)22-9-12-6-5-11(21-12)8-19-15-13-4-2-1-3-10(13)7-14(15)20/h1-6,14-16,19-20H,7-9H2/t14-,15+/m0/s1. The first-order chi connectivity index (χ1) is 10.6. The Bertz CT molecular complexity index is 632. The van der Waals surface area contributed by atoms with E-state index in [1.165, 1.54) is 0 Å². The number of benzene rings is 1. The SMILES string of the molecule is O[C@H]1Cc2ccccc2[C@H]1NCc1ccc(CSC(F)F)o1. The van der Waals surface area contributed by atoms with Crippen LogP contribution in [0.15, 0.2) is 40.8 Å². The zero-order chi connectivity index (χ0) is 15.5. The Morgan fingerprint density at radius 1 is 1.23 bits per heavy atom. The summed E-state index contributed by atoms with van der Waals surface area (Å²) >= 11 is 0.545. The Morgan fingerprint density at radius 3 is 2.82 bits per heavy atom. The van der Waals surface area contributed by atoms with E-state index in [-0.39, 0.29) is 11.8 Å². The average molecular weight is 325 g/mol. The maximum atomic E-state index is 12.1. The van der Waals surface area contributed by atoms with Crippen molar-refractivity contribution in [3.63, 3.8) is 0 Å². The van der Waals surface area contributed by atoms with Gasteiger partial charge in [0, 0.05) is 6.42 Å². The summed E-state index contributed by atoms with van der Waals surface area (Å²) in [6.45, 7) is 0.454. The van der Waals surface area contributed by atoms with Crippen molar-refractivity contribution in [1.82, 2.24) is 5.32 Å². The van der Waals surface area contributed by atoms with Gasteiger partial charge in [0.2, 0.25) is 0 Å². The van der Waals surface area contributed by atoms with E-state index in [1.807, 2.05) is 24.3 Å². The highest BCUT2D eigenvalue weighted by molar-refractivity contribution is 7.98. The summed E-state index contributed by atoms with van der Waals surface area (Å²) in [7, 11) is 0. The number of fused-ring (bicyclic) bond motifs is 1. The lowest BCUT2D eigenvalue weighted by atomic mass is 10.1. The van der Waals surface area contributed by atoms with Gasteiger partial charge in [-0.15, -0.1) is 0 Å². The molecule has 6 heteroatoms. The number of hydrogen-bond acceptors (Lipinski definition) is 4. The second-order valence-electron chi connectivity index (χ2n) is 5.27. The Balaban J connectivity index is 1.59. The molecule has 1 heterocycles. The van der Waals surface area contributed by atoms with Crippen LogP contribution in [0, 0.1) is 0 Å². The van der Waals surface area contributed by atoms with Crippen LogP contribution in [0.25, 0.3) is 0 Å². The molecule has 2 atom stereocenters. The summed E-state index contributed by atoms with van der Waals surface area (Å²) in [5, 5.41) is 13.4. The Labute approximate surface area is 131 Å². The summed E-state index contributed by atoms with van der Waals surface area (Å²) in [5.74, 6) is -1.01. The summed E-state index contributed by atoms with van der Waals surface area (Å²) in [4.78, 5) is 0. The van der Waals surface area contributed by atoms with Crippen LogP contribution in [0.2, 0.25) is 0 Å². The minimum atomic E-state index is -2.39. The molecular weight excluding hydrogens is 308 g/mol. The quantitative estimate of drug-likeness (QED) is 0.853. The highest BCUT2D eigenvalue weighted by Crippen LogP contribution is 2.31. The molecule has 1 aliphatic rings. The minimum absolute atomic E-state index is 0.125. The lowest BCUT2D eigenvalue weighted by Crippen LogP contribution is -2.28. The number of rotatable bonds is 6. The molecule has 0 unspecified atom stereocenters.